The highest BCUT2D eigenvalue weighted by Crippen LogP contribution is 2.22. The molecule has 90 valence electrons. The van der Waals surface area contributed by atoms with Crippen LogP contribution in [-0.2, 0) is 6.54 Å². The fourth-order valence-corrected chi connectivity index (χ4v) is 1.25. The van der Waals surface area contributed by atoms with E-state index in [0.717, 1.165) is 12.1 Å². The Morgan fingerprint density at radius 1 is 1.24 bits per heavy atom. The van der Waals surface area contributed by atoms with E-state index in [4.69, 9.17) is 4.42 Å². The van der Waals surface area contributed by atoms with Crippen LogP contribution in [-0.4, -0.2) is 17.2 Å². The molecule has 0 saturated heterocycles. The summed E-state index contributed by atoms with van der Waals surface area (Å²) in [6.45, 7) is 0.383. The van der Waals surface area contributed by atoms with Crippen LogP contribution in [0.2, 0.25) is 0 Å². The number of nitrogens with one attached hydrogen (secondary N) is 2. The van der Waals surface area contributed by atoms with E-state index in [9.17, 15) is 8.78 Å². The molecule has 1 aromatic heterocycles. The van der Waals surface area contributed by atoms with Gasteiger partial charge in [0.1, 0.15) is 17.3 Å². The lowest BCUT2D eigenvalue weighted by Crippen LogP contribution is -2.04. The molecule has 1 aromatic carbocycles. The van der Waals surface area contributed by atoms with E-state index >= 15 is 0 Å². The van der Waals surface area contributed by atoms with Gasteiger partial charge in [-0.2, -0.15) is 0 Å². The van der Waals surface area contributed by atoms with Crippen molar-refractivity contribution in [3.05, 3.63) is 35.7 Å². The summed E-state index contributed by atoms with van der Waals surface area (Å²) in [5, 5.41) is 12.5. The van der Waals surface area contributed by atoms with Crippen LogP contribution in [0, 0.1) is 11.6 Å². The van der Waals surface area contributed by atoms with Gasteiger partial charge in [-0.05, 0) is 19.2 Å². The van der Waals surface area contributed by atoms with Gasteiger partial charge in [-0.15, -0.1) is 5.10 Å². The first-order valence-electron chi connectivity index (χ1n) is 4.88. The lowest BCUT2D eigenvalue weighted by atomic mass is 10.3. The molecule has 0 aliphatic rings. The van der Waals surface area contributed by atoms with Gasteiger partial charge in [-0.1, -0.05) is 11.2 Å². The maximum Gasteiger partial charge on any atom is 0.320 e. The molecule has 2 N–H and O–H groups in total. The molecule has 0 aliphatic carbocycles. The van der Waals surface area contributed by atoms with Gasteiger partial charge in [-0.25, -0.2) is 8.78 Å². The van der Waals surface area contributed by atoms with Crippen LogP contribution in [0.5, 0.6) is 0 Å². The fourth-order valence-electron chi connectivity index (χ4n) is 1.25. The number of hydrogen-bond donors (Lipinski definition) is 2. The first-order chi connectivity index (χ1) is 8.20. The van der Waals surface area contributed by atoms with E-state index in [1.165, 1.54) is 6.07 Å². The molecule has 0 fully saturated rings. The molecule has 0 amide bonds. The number of rotatable bonds is 4. The molecule has 1 heterocycles. The molecular formula is C10H10F2N4O. The van der Waals surface area contributed by atoms with Gasteiger partial charge in [0.2, 0.25) is 5.89 Å². The second-order valence-corrected chi connectivity index (χ2v) is 3.25. The van der Waals surface area contributed by atoms with E-state index in [0.29, 0.717) is 12.4 Å². The van der Waals surface area contributed by atoms with Crippen molar-refractivity contribution in [1.82, 2.24) is 15.5 Å². The van der Waals surface area contributed by atoms with Crippen molar-refractivity contribution < 1.29 is 13.2 Å². The van der Waals surface area contributed by atoms with Crippen molar-refractivity contribution in [1.29, 1.82) is 0 Å². The molecule has 17 heavy (non-hydrogen) atoms. The summed E-state index contributed by atoms with van der Waals surface area (Å²) in [5.74, 6) is -1.12. The van der Waals surface area contributed by atoms with Crippen LogP contribution in [0.1, 0.15) is 5.89 Å². The van der Waals surface area contributed by atoms with Crippen LogP contribution < -0.4 is 10.6 Å². The maximum atomic E-state index is 13.3. The summed E-state index contributed by atoms with van der Waals surface area (Å²) in [5.41, 5.74) is -0.313. The first-order valence-corrected chi connectivity index (χ1v) is 4.88. The molecule has 0 atom stereocenters. The standard InChI is InChI=1S/C10H10F2N4O/c1-13-5-8-15-16-10(17-8)14-9-6(11)3-2-4-7(9)12/h2-4,13H,5H2,1H3,(H,14,16). The second-order valence-electron chi connectivity index (χ2n) is 3.25. The Balaban J connectivity index is 2.19. The minimum absolute atomic E-state index is 0.0562. The second kappa shape index (κ2) is 4.88. The highest BCUT2D eigenvalue weighted by molar-refractivity contribution is 5.53. The number of halogens is 2. The van der Waals surface area contributed by atoms with Crippen molar-refractivity contribution >= 4 is 11.7 Å². The van der Waals surface area contributed by atoms with Gasteiger partial charge in [0, 0.05) is 0 Å². The largest absolute Gasteiger partial charge is 0.406 e. The topological polar surface area (TPSA) is 63.0 Å². The lowest BCUT2D eigenvalue weighted by molar-refractivity contribution is 0.491. The number of para-hydroxylation sites is 1. The third-order valence-corrected chi connectivity index (χ3v) is 1.99. The van der Waals surface area contributed by atoms with E-state index in [2.05, 4.69) is 20.8 Å². The SMILES string of the molecule is CNCc1nnc(Nc2c(F)cccc2F)o1. The molecule has 0 unspecified atom stereocenters. The van der Waals surface area contributed by atoms with Crippen LogP contribution in [0.15, 0.2) is 22.6 Å². The van der Waals surface area contributed by atoms with Gasteiger partial charge >= 0.3 is 6.01 Å². The van der Waals surface area contributed by atoms with Crippen molar-refractivity contribution in [3.63, 3.8) is 0 Å². The van der Waals surface area contributed by atoms with E-state index in [1.807, 2.05) is 0 Å². The molecule has 2 aromatic rings. The van der Waals surface area contributed by atoms with Gasteiger partial charge in [0.25, 0.3) is 0 Å². The van der Waals surface area contributed by atoms with Crippen molar-refractivity contribution in [2.75, 3.05) is 12.4 Å². The summed E-state index contributed by atoms with van der Waals surface area (Å²) < 4.78 is 31.7. The fraction of sp³-hybridized carbons (Fsp3) is 0.200. The molecule has 0 bridgehead atoms. The number of hydrogen-bond acceptors (Lipinski definition) is 5. The van der Waals surface area contributed by atoms with Crippen molar-refractivity contribution in [3.8, 4) is 0 Å². The van der Waals surface area contributed by atoms with Gasteiger partial charge in [0.15, 0.2) is 0 Å². The van der Waals surface area contributed by atoms with Crippen LogP contribution in [0.4, 0.5) is 20.5 Å². The smallest absolute Gasteiger partial charge is 0.320 e. The number of aromatic nitrogens is 2. The Morgan fingerprint density at radius 3 is 2.59 bits per heavy atom. The Morgan fingerprint density at radius 2 is 1.94 bits per heavy atom. The monoisotopic (exact) mass is 240 g/mol. The highest BCUT2D eigenvalue weighted by atomic mass is 19.1. The molecule has 0 radical (unpaired) electrons. The van der Waals surface area contributed by atoms with Gasteiger partial charge < -0.3 is 15.1 Å². The van der Waals surface area contributed by atoms with Gasteiger partial charge in [-0.3, -0.25) is 0 Å². The Hall–Kier alpha value is -2.02. The van der Waals surface area contributed by atoms with Crippen LogP contribution in [0.25, 0.3) is 0 Å². The molecule has 0 saturated carbocycles. The predicted octanol–water partition coefficient (Wildman–Crippen LogP) is 1.81. The van der Waals surface area contributed by atoms with Gasteiger partial charge in [0.05, 0.1) is 6.54 Å². The average molecular weight is 240 g/mol. The molecule has 7 heteroatoms. The number of nitrogens with zero attached hydrogens (tertiary/aromatic N) is 2. The summed E-state index contributed by atoms with van der Waals surface area (Å²) in [6.07, 6.45) is 0. The Bertz CT molecular complexity index is 495. The summed E-state index contributed by atoms with van der Waals surface area (Å²) in [4.78, 5) is 0. The average Bonchev–Trinajstić information content (AvgIpc) is 2.72. The molecule has 0 spiro atoms. The third kappa shape index (κ3) is 2.56. The van der Waals surface area contributed by atoms with Crippen LogP contribution in [0.3, 0.4) is 0 Å². The van der Waals surface area contributed by atoms with E-state index in [1.54, 1.807) is 7.05 Å². The third-order valence-electron chi connectivity index (χ3n) is 1.99. The summed E-state index contributed by atoms with van der Waals surface area (Å²) >= 11 is 0. The first kappa shape index (κ1) is 11.5. The molecule has 0 aliphatic heterocycles. The molecule has 5 nitrogen and oxygen atoms in total. The number of benzene rings is 1. The quantitative estimate of drug-likeness (QED) is 0.853. The Kier molecular flexibility index (Phi) is 3.29. The van der Waals surface area contributed by atoms with E-state index < -0.39 is 11.6 Å². The predicted molar refractivity (Wildman–Crippen MR) is 56.7 cm³/mol. The summed E-state index contributed by atoms with van der Waals surface area (Å²) in [6, 6.07) is 3.49. The zero-order chi connectivity index (χ0) is 12.3. The van der Waals surface area contributed by atoms with Crippen molar-refractivity contribution in [2.24, 2.45) is 0 Å². The normalized spacial score (nSPS) is 10.5. The molecule has 2 rings (SSSR count). The summed E-state index contributed by atoms with van der Waals surface area (Å²) in [7, 11) is 1.72. The Labute approximate surface area is 95.9 Å². The van der Waals surface area contributed by atoms with Crippen LogP contribution >= 0.6 is 0 Å². The molecular weight excluding hydrogens is 230 g/mol. The lowest BCUT2D eigenvalue weighted by Gasteiger charge is -2.03. The van der Waals surface area contributed by atoms with E-state index in [-0.39, 0.29) is 11.7 Å². The zero-order valence-corrected chi connectivity index (χ0v) is 9.00. The number of anilines is 2. The van der Waals surface area contributed by atoms with Crippen molar-refractivity contribution in [2.45, 2.75) is 6.54 Å². The zero-order valence-electron chi connectivity index (χ0n) is 9.00. The maximum absolute atomic E-state index is 13.3. The highest BCUT2D eigenvalue weighted by Gasteiger charge is 2.12. The minimum atomic E-state index is -0.724. The minimum Gasteiger partial charge on any atom is -0.406 e.